The van der Waals surface area contributed by atoms with E-state index in [9.17, 15) is 9.59 Å². The van der Waals surface area contributed by atoms with Crippen molar-refractivity contribution in [2.24, 2.45) is 0 Å². The number of rotatable bonds is 7. The molecule has 1 aliphatic rings. The predicted octanol–water partition coefficient (Wildman–Crippen LogP) is 2.81. The summed E-state index contributed by atoms with van der Waals surface area (Å²) < 4.78 is 2.88. The van der Waals surface area contributed by atoms with E-state index >= 15 is 0 Å². The molecule has 8 heteroatoms. The molecule has 1 aromatic carbocycles. The number of aromatic nitrogens is 2. The molecule has 30 heavy (non-hydrogen) atoms. The molecule has 2 amide bonds. The zero-order valence-corrected chi connectivity index (χ0v) is 18.1. The van der Waals surface area contributed by atoms with E-state index in [0.29, 0.717) is 18.2 Å². The lowest BCUT2D eigenvalue weighted by molar-refractivity contribution is -0.122. The Labute approximate surface area is 180 Å². The van der Waals surface area contributed by atoms with Crippen LogP contribution in [0.2, 0.25) is 0 Å². The first-order valence-corrected chi connectivity index (χ1v) is 11.2. The standard InChI is InChI=1S/C22H27N5O2S/c1-3-26-12-6-7-17(26)14-23-20(28)15(2)24-21(29)16-8-9-18-19(13-16)30-22(25-18)27-10-4-5-11-27/h4-5,8-11,13,15,17H,3,6-7,12,14H2,1-2H3,(H,23,28)(H,24,29). The number of likely N-dealkylation sites (tertiary alicyclic amines) is 1. The quantitative estimate of drug-likeness (QED) is 0.610. The number of carbonyl (C=O) groups is 2. The zero-order valence-electron chi connectivity index (χ0n) is 17.3. The van der Waals surface area contributed by atoms with E-state index in [0.717, 1.165) is 34.9 Å². The van der Waals surface area contributed by atoms with E-state index < -0.39 is 6.04 Å². The highest BCUT2D eigenvalue weighted by Crippen LogP contribution is 2.26. The number of fused-ring (bicyclic) bond motifs is 1. The van der Waals surface area contributed by atoms with E-state index in [1.165, 1.54) is 17.8 Å². The van der Waals surface area contributed by atoms with Crippen molar-refractivity contribution in [1.82, 2.24) is 25.1 Å². The Morgan fingerprint density at radius 2 is 2.10 bits per heavy atom. The molecule has 3 aromatic rings. The summed E-state index contributed by atoms with van der Waals surface area (Å²) >= 11 is 1.52. The molecule has 2 aromatic heterocycles. The molecule has 2 N–H and O–H groups in total. The van der Waals surface area contributed by atoms with Crippen molar-refractivity contribution in [3.05, 3.63) is 48.3 Å². The van der Waals surface area contributed by atoms with Gasteiger partial charge in [0.15, 0.2) is 5.13 Å². The van der Waals surface area contributed by atoms with E-state index in [-0.39, 0.29) is 11.8 Å². The second-order valence-electron chi connectivity index (χ2n) is 7.63. The first-order valence-electron chi connectivity index (χ1n) is 10.4. The minimum absolute atomic E-state index is 0.153. The first kappa shape index (κ1) is 20.6. The Hall–Kier alpha value is -2.71. The minimum atomic E-state index is -0.596. The maximum Gasteiger partial charge on any atom is 0.251 e. The second kappa shape index (κ2) is 8.97. The fourth-order valence-corrected chi connectivity index (χ4v) is 4.86. The highest BCUT2D eigenvalue weighted by atomic mass is 32.1. The molecule has 0 aliphatic carbocycles. The maximum absolute atomic E-state index is 12.7. The van der Waals surface area contributed by atoms with Gasteiger partial charge in [0.2, 0.25) is 5.91 Å². The van der Waals surface area contributed by atoms with Crippen LogP contribution in [0.1, 0.15) is 37.0 Å². The van der Waals surface area contributed by atoms with Crippen molar-refractivity contribution in [3.63, 3.8) is 0 Å². The zero-order chi connectivity index (χ0) is 21.1. The molecule has 0 spiro atoms. The summed E-state index contributed by atoms with van der Waals surface area (Å²) in [6, 6.07) is 9.12. The molecule has 158 valence electrons. The van der Waals surface area contributed by atoms with Gasteiger partial charge in [-0.05, 0) is 63.2 Å². The Kier molecular flexibility index (Phi) is 6.15. The molecular weight excluding hydrogens is 398 g/mol. The molecule has 2 unspecified atom stereocenters. The molecule has 0 saturated carbocycles. The van der Waals surface area contributed by atoms with Crippen molar-refractivity contribution < 1.29 is 9.59 Å². The maximum atomic E-state index is 12.7. The smallest absolute Gasteiger partial charge is 0.251 e. The summed E-state index contributed by atoms with van der Waals surface area (Å²) in [7, 11) is 0. The van der Waals surface area contributed by atoms with E-state index in [2.05, 4.69) is 27.4 Å². The van der Waals surface area contributed by atoms with E-state index in [1.807, 2.05) is 41.2 Å². The van der Waals surface area contributed by atoms with Crippen molar-refractivity contribution in [2.75, 3.05) is 19.6 Å². The van der Waals surface area contributed by atoms with Gasteiger partial charge in [0.25, 0.3) is 5.91 Å². The van der Waals surface area contributed by atoms with Crippen molar-refractivity contribution in [1.29, 1.82) is 0 Å². The fourth-order valence-electron chi connectivity index (χ4n) is 3.89. The Morgan fingerprint density at radius 1 is 1.30 bits per heavy atom. The highest BCUT2D eigenvalue weighted by molar-refractivity contribution is 7.20. The summed E-state index contributed by atoms with van der Waals surface area (Å²) in [5, 5.41) is 6.65. The molecule has 4 rings (SSSR count). The minimum Gasteiger partial charge on any atom is -0.353 e. The average molecular weight is 426 g/mol. The molecular formula is C22H27N5O2S. The van der Waals surface area contributed by atoms with E-state index in [1.54, 1.807) is 13.0 Å². The summed E-state index contributed by atoms with van der Waals surface area (Å²) in [5.41, 5.74) is 1.38. The van der Waals surface area contributed by atoms with Crippen molar-refractivity contribution >= 4 is 33.4 Å². The Bertz CT molecular complexity index is 1030. The van der Waals surface area contributed by atoms with Gasteiger partial charge in [0.1, 0.15) is 6.04 Å². The van der Waals surface area contributed by atoms with E-state index in [4.69, 9.17) is 0 Å². The molecule has 2 atom stereocenters. The predicted molar refractivity (Wildman–Crippen MR) is 119 cm³/mol. The molecule has 7 nitrogen and oxygen atoms in total. The number of nitrogens with zero attached hydrogens (tertiary/aromatic N) is 3. The molecule has 1 aliphatic heterocycles. The van der Waals surface area contributed by atoms with Crippen LogP contribution in [-0.2, 0) is 4.79 Å². The molecule has 0 bridgehead atoms. The Balaban J connectivity index is 1.36. The van der Waals surface area contributed by atoms with Crippen LogP contribution in [0.4, 0.5) is 0 Å². The molecule has 1 saturated heterocycles. The number of carbonyl (C=O) groups excluding carboxylic acids is 2. The van der Waals surface area contributed by atoms with Gasteiger partial charge in [0.05, 0.1) is 10.2 Å². The van der Waals surface area contributed by atoms with Gasteiger partial charge in [-0.3, -0.25) is 14.5 Å². The monoisotopic (exact) mass is 425 g/mol. The van der Waals surface area contributed by atoms with Gasteiger partial charge in [-0.25, -0.2) is 4.98 Å². The first-order chi connectivity index (χ1) is 14.5. The highest BCUT2D eigenvalue weighted by Gasteiger charge is 2.24. The lowest BCUT2D eigenvalue weighted by Crippen LogP contribution is -2.48. The largest absolute Gasteiger partial charge is 0.353 e. The third kappa shape index (κ3) is 4.39. The Morgan fingerprint density at radius 3 is 2.87 bits per heavy atom. The number of nitrogens with one attached hydrogen (secondary N) is 2. The van der Waals surface area contributed by atoms with Gasteiger partial charge in [-0.15, -0.1) is 0 Å². The lowest BCUT2D eigenvalue weighted by atomic mass is 10.2. The molecule has 0 radical (unpaired) electrons. The summed E-state index contributed by atoms with van der Waals surface area (Å²) in [4.78, 5) is 32.1. The van der Waals surface area contributed by atoms with Crippen LogP contribution in [0.3, 0.4) is 0 Å². The number of thiazole rings is 1. The van der Waals surface area contributed by atoms with Crippen LogP contribution >= 0.6 is 11.3 Å². The van der Waals surface area contributed by atoms with Crippen molar-refractivity contribution in [3.8, 4) is 5.13 Å². The topological polar surface area (TPSA) is 79.3 Å². The normalized spacial score (nSPS) is 17.9. The third-order valence-electron chi connectivity index (χ3n) is 5.62. The van der Waals surface area contributed by atoms with Crippen LogP contribution in [0.15, 0.2) is 42.7 Å². The number of hydrogen-bond donors (Lipinski definition) is 2. The van der Waals surface area contributed by atoms with Gasteiger partial charge < -0.3 is 15.2 Å². The second-order valence-corrected chi connectivity index (χ2v) is 8.64. The van der Waals surface area contributed by atoms with Gasteiger partial charge in [-0.2, -0.15) is 0 Å². The van der Waals surface area contributed by atoms with Gasteiger partial charge in [0, 0.05) is 30.5 Å². The summed E-state index contributed by atoms with van der Waals surface area (Å²) in [5.74, 6) is -0.411. The number of amides is 2. The van der Waals surface area contributed by atoms with Gasteiger partial charge in [-0.1, -0.05) is 18.3 Å². The van der Waals surface area contributed by atoms with Crippen LogP contribution in [0.5, 0.6) is 0 Å². The third-order valence-corrected chi connectivity index (χ3v) is 6.65. The number of likely N-dealkylation sites (N-methyl/N-ethyl adjacent to an activating group) is 1. The van der Waals surface area contributed by atoms with Crippen LogP contribution in [0, 0.1) is 0 Å². The number of hydrogen-bond acceptors (Lipinski definition) is 5. The lowest BCUT2D eigenvalue weighted by Gasteiger charge is -2.23. The van der Waals surface area contributed by atoms with Crippen molar-refractivity contribution in [2.45, 2.75) is 38.8 Å². The average Bonchev–Trinajstić information content (AvgIpc) is 3.50. The summed E-state index contributed by atoms with van der Waals surface area (Å²) in [6.45, 7) is 6.58. The van der Waals surface area contributed by atoms with Crippen LogP contribution < -0.4 is 10.6 Å². The fraction of sp³-hybridized carbons (Fsp3) is 0.409. The summed E-state index contributed by atoms with van der Waals surface area (Å²) in [6.07, 6.45) is 6.16. The number of benzene rings is 1. The SMILES string of the molecule is CCN1CCCC1CNC(=O)C(C)NC(=O)c1ccc2nc(-n3cccc3)sc2c1. The van der Waals surface area contributed by atoms with Crippen LogP contribution in [0.25, 0.3) is 15.3 Å². The molecule has 1 fully saturated rings. The van der Waals surface area contributed by atoms with Gasteiger partial charge >= 0.3 is 0 Å². The molecule has 3 heterocycles. The van der Waals surface area contributed by atoms with Crippen LogP contribution in [-0.4, -0.2) is 58.0 Å².